The van der Waals surface area contributed by atoms with Crippen LogP contribution in [0.3, 0.4) is 0 Å². The second-order valence-corrected chi connectivity index (χ2v) is 7.10. The summed E-state index contributed by atoms with van der Waals surface area (Å²) in [4.78, 5) is 0.354. The number of nitrogens with one attached hydrogen (secondary N) is 1. The number of likely N-dealkylation sites (N-methyl/N-ethyl adjacent to an activating group) is 1. The molecule has 1 saturated heterocycles. The molecule has 1 fully saturated rings. The second kappa shape index (κ2) is 5.88. The molecule has 102 valence electrons. The Morgan fingerprint density at radius 2 is 2.00 bits per heavy atom. The van der Waals surface area contributed by atoms with E-state index in [1.165, 1.54) is 4.31 Å². The average Bonchev–Trinajstić information content (AvgIpc) is 2.19. The van der Waals surface area contributed by atoms with Crippen molar-refractivity contribution in [3.63, 3.8) is 0 Å². The highest BCUT2D eigenvalue weighted by Gasteiger charge is 2.31. The zero-order chi connectivity index (χ0) is 12.6. The quantitative estimate of drug-likeness (QED) is 0.899. The highest BCUT2D eigenvalue weighted by atomic mass is 79.9. The van der Waals surface area contributed by atoms with Gasteiger partial charge >= 0.3 is 0 Å². The summed E-state index contributed by atoms with van der Waals surface area (Å²) in [5, 5.41) is 3.07. The first-order chi connectivity index (χ1) is 7.93. The van der Waals surface area contributed by atoms with Crippen LogP contribution in [0.1, 0.15) is 5.56 Å². The van der Waals surface area contributed by atoms with E-state index in [2.05, 4.69) is 21.2 Å². The van der Waals surface area contributed by atoms with Crippen molar-refractivity contribution >= 4 is 38.4 Å². The number of sulfonamides is 1. The first-order valence-corrected chi connectivity index (χ1v) is 7.61. The van der Waals surface area contributed by atoms with Crippen molar-refractivity contribution in [2.24, 2.45) is 0 Å². The maximum atomic E-state index is 12.3. The molecule has 1 N–H and O–H groups in total. The van der Waals surface area contributed by atoms with Gasteiger partial charge in [-0.1, -0.05) is 15.9 Å². The van der Waals surface area contributed by atoms with Crippen LogP contribution < -0.4 is 5.32 Å². The van der Waals surface area contributed by atoms with Crippen LogP contribution in [0, 0.1) is 6.92 Å². The third kappa shape index (κ3) is 2.88. The maximum Gasteiger partial charge on any atom is 0.243 e. The Hall–Kier alpha value is -0.140. The Balaban J connectivity index is 0.00000162. The van der Waals surface area contributed by atoms with Gasteiger partial charge in [-0.05, 0) is 30.7 Å². The summed E-state index contributed by atoms with van der Waals surface area (Å²) < 4.78 is 27.0. The van der Waals surface area contributed by atoms with Crippen molar-refractivity contribution in [3.8, 4) is 0 Å². The largest absolute Gasteiger partial charge is 0.313 e. The van der Waals surface area contributed by atoms with Crippen molar-refractivity contribution in [2.45, 2.75) is 17.9 Å². The van der Waals surface area contributed by atoms with Crippen molar-refractivity contribution in [2.75, 3.05) is 20.1 Å². The van der Waals surface area contributed by atoms with E-state index in [1.54, 1.807) is 25.2 Å². The molecule has 1 aromatic rings. The zero-order valence-electron chi connectivity index (χ0n) is 10.2. The lowest BCUT2D eigenvalue weighted by molar-refractivity contribution is 0.274. The van der Waals surface area contributed by atoms with Crippen molar-refractivity contribution < 1.29 is 8.42 Å². The van der Waals surface area contributed by atoms with Crippen LogP contribution in [0.5, 0.6) is 0 Å². The van der Waals surface area contributed by atoms with Crippen LogP contribution in [-0.2, 0) is 10.0 Å². The zero-order valence-corrected chi connectivity index (χ0v) is 13.4. The Labute approximate surface area is 122 Å². The minimum absolute atomic E-state index is 0. The molecule has 4 nitrogen and oxygen atoms in total. The minimum Gasteiger partial charge on any atom is -0.313 e. The lowest BCUT2D eigenvalue weighted by Crippen LogP contribution is -2.57. The predicted octanol–water partition coefficient (Wildman–Crippen LogP) is 1.77. The van der Waals surface area contributed by atoms with Gasteiger partial charge in [0.2, 0.25) is 10.0 Å². The molecule has 2 rings (SSSR count). The van der Waals surface area contributed by atoms with Gasteiger partial charge in [-0.3, -0.25) is 0 Å². The first-order valence-electron chi connectivity index (χ1n) is 5.38. The van der Waals surface area contributed by atoms with Gasteiger partial charge in [-0.25, -0.2) is 8.42 Å². The summed E-state index contributed by atoms with van der Waals surface area (Å²) in [5.74, 6) is 0. The standard InChI is InChI=1S/C11H15BrN2O2S.ClH/c1-8-5-10(3-4-11(8)12)17(15,16)14(2)9-6-13-7-9;/h3-5,9,13H,6-7H2,1-2H3;1H. The molecule has 1 heterocycles. The van der Waals surface area contributed by atoms with E-state index in [0.717, 1.165) is 23.1 Å². The van der Waals surface area contributed by atoms with Crippen LogP contribution in [0.25, 0.3) is 0 Å². The molecule has 0 bridgehead atoms. The van der Waals surface area contributed by atoms with E-state index in [9.17, 15) is 8.42 Å². The van der Waals surface area contributed by atoms with Crippen LogP contribution in [0.2, 0.25) is 0 Å². The molecular weight excluding hydrogens is 340 g/mol. The molecule has 0 radical (unpaired) electrons. The fourth-order valence-electron chi connectivity index (χ4n) is 1.67. The third-order valence-corrected chi connectivity index (χ3v) is 5.88. The van der Waals surface area contributed by atoms with Gasteiger partial charge in [0, 0.05) is 30.7 Å². The third-order valence-electron chi connectivity index (χ3n) is 3.08. The van der Waals surface area contributed by atoms with Gasteiger partial charge < -0.3 is 5.32 Å². The molecule has 0 spiro atoms. The molecule has 0 amide bonds. The molecule has 0 aromatic heterocycles. The van der Waals surface area contributed by atoms with Crippen LogP contribution >= 0.6 is 28.3 Å². The summed E-state index contributed by atoms with van der Waals surface area (Å²) in [6.45, 7) is 3.34. The molecular formula is C11H16BrClN2O2S. The van der Waals surface area contributed by atoms with E-state index < -0.39 is 10.0 Å². The van der Waals surface area contributed by atoms with Crippen LogP contribution in [-0.4, -0.2) is 38.9 Å². The van der Waals surface area contributed by atoms with Gasteiger partial charge in [-0.15, -0.1) is 12.4 Å². The number of nitrogens with zero attached hydrogens (tertiary/aromatic N) is 1. The Morgan fingerprint density at radius 3 is 2.44 bits per heavy atom. The number of halogens is 2. The van der Waals surface area contributed by atoms with Crippen LogP contribution in [0.4, 0.5) is 0 Å². The Morgan fingerprint density at radius 1 is 1.39 bits per heavy atom. The van der Waals surface area contributed by atoms with Crippen molar-refractivity contribution in [1.29, 1.82) is 0 Å². The van der Waals surface area contributed by atoms with E-state index in [-0.39, 0.29) is 18.4 Å². The molecule has 1 aliphatic rings. The Kier molecular flexibility index (Phi) is 5.20. The van der Waals surface area contributed by atoms with E-state index in [4.69, 9.17) is 0 Å². The van der Waals surface area contributed by atoms with Gasteiger partial charge in [0.25, 0.3) is 0 Å². The number of hydrogen-bond donors (Lipinski definition) is 1. The van der Waals surface area contributed by atoms with Gasteiger partial charge in [0.1, 0.15) is 0 Å². The van der Waals surface area contributed by atoms with Crippen molar-refractivity contribution in [3.05, 3.63) is 28.2 Å². The lowest BCUT2D eigenvalue weighted by Gasteiger charge is -2.34. The average molecular weight is 356 g/mol. The van der Waals surface area contributed by atoms with E-state index >= 15 is 0 Å². The summed E-state index contributed by atoms with van der Waals surface area (Å²) in [6.07, 6.45) is 0. The van der Waals surface area contributed by atoms with Gasteiger partial charge in [0.05, 0.1) is 4.90 Å². The Bertz CT molecular complexity index is 532. The minimum atomic E-state index is -3.37. The van der Waals surface area contributed by atoms with Gasteiger partial charge in [0.15, 0.2) is 0 Å². The van der Waals surface area contributed by atoms with E-state index in [0.29, 0.717) is 4.90 Å². The number of rotatable bonds is 3. The molecule has 0 aliphatic carbocycles. The lowest BCUT2D eigenvalue weighted by atomic mass is 10.2. The fourth-order valence-corrected chi connectivity index (χ4v) is 3.36. The van der Waals surface area contributed by atoms with Crippen LogP contribution in [0.15, 0.2) is 27.6 Å². The summed E-state index contributed by atoms with van der Waals surface area (Å²) in [6, 6.07) is 5.18. The molecule has 0 unspecified atom stereocenters. The second-order valence-electron chi connectivity index (χ2n) is 4.24. The first kappa shape index (κ1) is 15.9. The molecule has 0 atom stereocenters. The molecule has 1 aliphatic heterocycles. The maximum absolute atomic E-state index is 12.3. The summed E-state index contributed by atoms with van der Waals surface area (Å²) in [5.41, 5.74) is 0.922. The fraction of sp³-hybridized carbons (Fsp3) is 0.455. The smallest absolute Gasteiger partial charge is 0.243 e. The molecule has 1 aromatic carbocycles. The number of benzene rings is 1. The number of aryl methyl sites for hydroxylation is 1. The molecule has 7 heteroatoms. The SMILES string of the molecule is Cc1cc(S(=O)(=O)N(C)C2CNC2)ccc1Br.Cl. The highest BCUT2D eigenvalue weighted by molar-refractivity contribution is 9.10. The topological polar surface area (TPSA) is 49.4 Å². The highest BCUT2D eigenvalue weighted by Crippen LogP contribution is 2.23. The normalized spacial score (nSPS) is 16.2. The monoisotopic (exact) mass is 354 g/mol. The number of hydrogen-bond acceptors (Lipinski definition) is 3. The van der Waals surface area contributed by atoms with E-state index in [1.807, 2.05) is 6.92 Å². The predicted molar refractivity (Wildman–Crippen MR) is 77.7 cm³/mol. The summed E-state index contributed by atoms with van der Waals surface area (Å²) >= 11 is 3.37. The van der Waals surface area contributed by atoms with Crippen molar-refractivity contribution in [1.82, 2.24) is 9.62 Å². The summed E-state index contributed by atoms with van der Waals surface area (Å²) in [7, 11) is -1.73. The molecule has 18 heavy (non-hydrogen) atoms. The van der Waals surface area contributed by atoms with Gasteiger partial charge in [-0.2, -0.15) is 4.31 Å². The molecule has 0 saturated carbocycles.